The van der Waals surface area contributed by atoms with Crippen LogP contribution in [0, 0.1) is 13.8 Å². The topological polar surface area (TPSA) is 112 Å². The molecule has 0 unspecified atom stereocenters. The lowest BCUT2D eigenvalue weighted by atomic mass is 10.3. The number of rotatable bonds is 6. The molecule has 0 saturated carbocycles. The summed E-state index contributed by atoms with van der Waals surface area (Å²) >= 11 is 11.6. The Morgan fingerprint density at radius 2 is 1.97 bits per heavy atom. The number of benzene rings is 1. The monoisotopic (exact) mass is 458 g/mol. The average Bonchev–Trinajstić information content (AvgIpc) is 3.20. The minimum absolute atomic E-state index is 0.303. The number of nitrogens with one attached hydrogen (secondary N) is 4. The van der Waals surface area contributed by atoms with E-state index in [0.717, 1.165) is 17.1 Å². The molecule has 4 N–H and O–H groups in total. The van der Waals surface area contributed by atoms with Gasteiger partial charge in [0.1, 0.15) is 5.75 Å². The molecular formula is C20H23ClN8OS. The largest absolute Gasteiger partial charge is 0.495 e. The van der Waals surface area contributed by atoms with Gasteiger partial charge in [-0.15, -0.1) is 0 Å². The molecule has 3 aromatic rings. The lowest BCUT2D eigenvalue weighted by Crippen LogP contribution is -2.39. The summed E-state index contributed by atoms with van der Waals surface area (Å²) in [7, 11) is 1.58. The Labute approximate surface area is 190 Å². The summed E-state index contributed by atoms with van der Waals surface area (Å²) in [4.78, 5) is 20.5. The van der Waals surface area contributed by atoms with E-state index >= 15 is 0 Å². The minimum Gasteiger partial charge on any atom is -0.495 e. The predicted molar refractivity (Wildman–Crippen MR) is 127 cm³/mol. The number of aryl methyl sites for hydroxylation is 2. The number of methoxy groups -OCH3 is 1. The summed E-state index contributed by atoms with van der Waals surface area (Å²) in [5.74, 6) is 1.44. The molecule has 0 fully saturated rings. The van der Waals surface area contributed by atoms with E-state index in [1.165, 1.54) is 0 Å². The van der Waals surface area contributed by atoms with Crippen molar-refractivity contribution < 1.29 is 4.74 Å². The standard InChI is InChI=1S/C20H23ClN8OS/c1-12-8-13(2)26-19(25-12)28-18(23-7-6-15-10-22-11-24-15)29-20(31)27-16-9-14(21)4-5-17(16)30-3/h4-5,8-11H,6-7H2,1-3H3,(H,22,24)(H3,23,25,26,27,28,29,31). The highest BCUT2D eigenvalue weighted by Crippen LogP contribution is 2.27. The fraction of sp³-hybridized carbons (Fsp3) is 0.250. The molecule has 31 heavy (non-hydrogen) atoms. The summed E-state index contributed by atoms with van der Waals surface area (Å²) in [6.07, 6.45) is 4.08. The number of halogens is 1. The fourth-order valence-electron chi connectivity index (χ4n) is 2.75. The van der Waals surface area contributed by atoms with E-state index in [4.69, 9.17) is 28.6 Å². The van der Waals surface area contributed by atoms with Crippen LogP contribution in [0.5, 0.6) is 5.75 Å². The maximum Gasteiger partial charge on any atom is 0.229 e. The van der Waals surface area contributed by atoms with E-state index in [1.54, 1.807) is 37.8 Å². The molecule has 0 saturated heterocycles. The van der Waals surface area contributed by atoms with Crippen molar-refractivity contribution in [1.82, 2.24) is 25.3 Å². The molecule has 0 bridgehead atoms. The average molecular weight is 459 g/mol. The van der Waals surface area contributed by atoms with E-state index in [1.807, 2.05) is 19.9 Å². The Balaban J connectivity index is 1.74. The van der Waals surface area contributed by atoms with Crippen LogP contribution in [-0.2, 0) is 6.42 Å². The Kier molecular flexibility index (Phi) is 7.74. The number of imidazole rings is 1. The third-order valence-corrected chi connectivity index (χ3v) is 4.50. The van der Waals surface area contributed by atoms with Gasteiger partial charge in [-0.1, -0.05) is 11.6 Å². The first-order valence-corrected chi connectivity index (χ1v) is 10.2. The van der Waals surface area contributed by atoms with Crippen molar-refractivity contribution in [2.24, 2.45) is 4.99 Å². The zero-order valence-electron chi connectivity index (χ0n) is 17.4. The van der Waals surface area contributed by atoms with Crippen molar-refractivity contribution in [3.8, 4) is 5.75 Å². The molecule has 0 atom stereocenters. The van der Waals surface area contributed by atoms with Gasteiger partial charge in [0.2, 0.25) is 11.9 Å². The number of nitrogens with zero attached hydrogens (tertiary/aromatic N) is 4. The maximum atomic E-state index is 6.10. The number of anilines is 2. The first-order chi connectivity index (χ1) is 14.9. The van der Waals surface area contributed by atoms with Gasteiger partial charge in [-0.05, 0) is 50.3 Å². The smallest absolute Gasteiger partial charge is 0.229 e. The minimum atomic E-state index is 0.303. The van der Waals surface area contributed by atoms with E-state index in [0.29, 0.717) is 46.4 Å². The SMILES string of the molecule is COc1ccc(Cl)cc1NC(=S)NC(=NCCc1cnc[nH]1)Nc1nc(C)cc(C)n1. The second-order valence-electron chi connectivity index (χ2n) is 6.58. The van der Waals surface area contributed by atoms with Gasteiger partial charge in [0, 0.05) is 41.3 Å². The summed E-state index contributed by atoms with van der Waals surface area (Å²) in [5.41, 5.74) is 3.30. The molecule has 0 spiro atoms. The van der Waals surface area contributed by atoms with Crippen molar-refractivity contribution >= 4 is 46.5 Å². The molecule has 0 amide bonds. The van der Waals surface area contributed by atoms with E-state index in [-0.39, 0.29) is 0 Å². The second-order valence-corrected chi connectivity index (χ2v) is 7.42. The van der Waals surface area contributed by atoms with E-state index < -0.39 is 0 Å². The number of thiocarbonyl (C=S) groups is 1. The van der Waals surface area contributed by atoms with Crippen LogP contribution in [0.25, 0.3) is 0 Å². The van der Waals surface area contributed by atoms with Crippen molar-refractivity contribution in [1.29, 1.82) is 0 Å². The van der Waals surface area contributed by atoms with Crippen molar-refractivity contribution in [3.63, 3.8) is 0 Å². The van der Waals surface area contributed by atoms with Gasteiger partial charge in [0.05, 0.1) is 19.1 Å². The quantitative estimate of drug-likeness (QED) is 0.252. The third kappa shape index (κ3) is 6.90. The van der Waals surface area contributed by atoms with Crippen LogP contribution >= 0.6 is 23.8 Å². The molecule has 9 nitrogen and oxygen atoms in total. The normalized spacial score (nSPS) is 11.2. The number of aromatic nitrogens is 4. The molecule has 0 aliphatic heterocycles. The maximum absolute atomic E-state index is 6.10. The van der Waals surface area contributed by atoms with Crippen molar-refractivity contribution in [3.05, 3.63) is 58.9 Å². The first-order valence-electron chi connectivity index (χ1n) is 9.45. The van der Waals surface area contributed by atoms with E-state index in [2.05, 4.69) is 40.9 Å². The summed E-state index contributed by atoms with van der Waals surface area (Å²) in [6.45, 7) is 4.30. The zero-order valence-corrected chi connectivity index (χ0v) is 18.9. The molecule has 11 heteroatoms. The lowest BCUT2D eigenvalue weighted by molar-refractivity contribution is 0.417. The van der Waals surface area contributed by atoms with Crippen LogP contribution < -0.4 is 20.7 Å². The summed E-state index contributed by atoms with van der Waals surface area (Å²) in [6, 6.07) is 7.12. The van der Waals surface area contributed by atoms with E-state index in [9.17, 15) is 0 Å². The highest BCUT2D eigenvalue weighted by atomic mass is 35.5. The van der Waals surface area contributed by atoms with Gasteiger partial charge < -0.3 is 20.4 Å². The van der Waals surface area contributed by atoms with Gasteiger partial charge in [-0.25, -0.2) is 15.0 Å². The van der Waals surface area contributed by atoms with Crippen molar-refractivity contribution in [2.75, 3.05) is 24.3 Å². The number of guanidine groups is 1. The second kappa shape index (κ2) is 10.7. The van der Waals surface area contributed by atoms with Gasteiger partial charge in [-0.3, -0.25) is 10.3 Å². The summed E-state index contributed by atoms with van der Waals surface area (Å²) < 4.78 is 5.35. The lowest BCUT2D eigenvalue weighted by Gasteiger charge is -2.16. The molecule has 2 aromatic heterocycles. The number of H-pyrrole nitrogens is 1. The Hall–Kier alpha value is -3.24. The number of hydrogen-bond donors (Lipinski definition) is 4. The first kappa shape index (κ1) is 22.4. The molecular weight excluding hydrogens is 436 g/mol. The van der Waals surface area contributed by atoms with Crippen molar-refractivity contribution in [2.45, 2.75) is 20.3 Å². The summed E-state index contributed by atoms with van der Waals surface area (Å²) in [5, 5.41) is 10.1. The van der Waals surface area contributed by atoms with Crippen LogP contribution in [0.3, 0.4) is 0 Å². The number of hydrogen-bond acceptors (Lipinski definition) is 6. The fourth-order valence-corrected chi connectivity index (χ4v) is 3.13. The van der Waals surface area contributed by atoms with Crippen LogP contribution in [0.2, 0.25) is 5.02 Å². The molecule has 2 heterocycles. The van der Waals surface area contributed by atoms with Gasteiger partial charge in [0.25, 0.3) is 0 Å². The molecule has 1 aromatic carbocycles. The van der Waals surface area contributed by atoms with Gasteiger partial charge >= 0.3 is 0 Å². The van der Waals surface area contributed by atoms with Crippen LogP contribution in [0.1, 0.15) is 17.1 Å². The third-order valence-electron chi connectivity index (χ3n) is 4.06. The molecule has 0 radical (unpaired) electrons. The van der Waals surface area contributed by atoms with Crippen LogP contribution in [-0.4, -0.2) is 44.7 Å². The van der Waals surface area contributed by atoms with Crippen LogP contribution in [0.4, 0.5) is 11.6 Å². The zero-order chi connectivity index (χ0) is 22.2. The highest BCUT2D eigenvalue weighted by molar-refractivity contribution is 7.80. The molecule has 162 valence electrons. The highest BCUT2D eigenvalue weighted by Gasteiger charge is 2.10. The molecule has 0 aliphatic rings. The van der Waals surface area contributed by atoms with Gasteiger partial charge in [-0.2, -0.15) is 0 Å². The molecule has 0 aliphatic carbocycles. The predicted octanol–water partition coefficient (Wildman–Crippen LogP) is 3.48. The Morgan fingerprint density at radius 1 is 1.19 bits per heavy atom. The van der Waals surface area contributed by atoms with Crippen LogP contribution in [0.15, 0.2) is 41.8 Å². The number of ether oxygens (including phenoxy) is 1. The number of aromatic amines is 1. The number of aliphatic imine (C=N–C) groups is 1. The molecule has 3 rings (SSSR count). The van der Waals surface area contributed by atoms with Gasteiger partial charge in [0.15, 0.2) is 5.11 Å². The Bertz CT molecular complexity index is 1050. The Morgan fingerprint density at radius 3 is 2.65 bits per heavy atom.